The zero-order chi connectivity index (χ0) is 23.5. The molecule has 0 spiro atoms. The molecule has 0 bridgehead atoms. The fraction of sp³-hybridized carbons (Fsp3) is 0.923. The number of likely N-dealkylation sites (N-methyl/N-ethyl adjacent to an activating group) is 1. The van der Waals surface area contributed by atoms with Gasteiger partial charge in [0, 0.05) is 6.42 Å². The second-order valence-electron chi connectivity index (χ2n) is 10.5. The molecule has 2 unspecified atom stereocenters. The number of carboxylic acid groups (broad SMARTS) is 1. The van der Waals surface area contributed by atoms with Gasteiger partial charge in [-0.2, -0.15) is 0 Å². The standard InChI is InChI=1S/C26H51NO4/c1-6-7-8-9-10-11-12-13-15-18-23(2)19-16-14-17-20-26(30)31-24(21-25(28)29)22-27(3,4)5/h23-24H,6-22H2,1-5H3/p+1. The van der Waals surface area contributed by atoms with Gasteiger partial charge in [0.1, 0.15) is 6.54 Å². The molecule has 2 atom stereocenters. The summed E-state index contributed by atoms with van der Waals surface area (Å²) in [6, 6.07) is 0. The molecule has 0 amide bonds. The van der Waals surface area contributed by atoms with E-state index in [1.54, 1.807) is 0 Å². The first-order valence-electron chi connectivity index (χ1n) is 12.9. The Kier molecular flexibility index (Phi) is 17.8. The summed E-state index contributed by atoms with van der Waals surface area (Å²) in [7, 11) is 5.91. The predicted molar refractivity (Wildman–Crippen MR) is 129 cm³/mol. The minimum Gasteiger partial charge on any atom is -0.481 e. The molecule has 0 radical (unpaired) electrons. The van der Waals surface area contributed by atoms with Crippen molar-refractivity contribution in [3.63, 3.8) is 0 Å². The zero-order valence-electron chi connectivity index (χ0n) is 21.3. The lowest BCUT2D eigenvalue weighted by molar-refractivity contribution is -0.873. The number of unbranched alkanes of at least 4 members (excludes halogenated alkanes) is 10. The Bertz CT molecular complexity index is 459. The van der Waals surface area contributed by atoms with E-state index in [-0.39, 0.29) is 12.4 Å². The minimum absolute atomic E-state index is 0.127. The average Bonchev–Trinajstić information content (AvgIpc) is 2.64. The van der Waals surface area contributed by atoms with Gasteiger partial charge in [0.05, 0.1) is 27.6 Å². The van der Waals surface area contributed by atoms with E-state index < -0.39 is 12.1 Å². The molecule has 1 N–H and O–H groups in total. The third-order valence-corrected chi connectivity index (χ3v) is 5.83. The first kappa shape index (κ1) is 29.9. The van der Waals surface area contributed by atoms with Crippen molar-refractivity contribution in [1.82, 2.24) is 0 Å². The Hall–Kier alpha value is -1.10. The van der Waals surface area contributed by atoms with Crippen LogP contribution in [0.15, 0.2) is 0 Å². The van der Waals surface area contributed by atoms with E-state index in [1.165, 1.54) is 70.6 Å². The van der Waals surface area contributed by atoms with Crippen molar-refractivity contribution in [3.8, 4) is 0 Å². The van der Waals surface area contributed by atoms with E-state index in [1.807, 2.05) is 21.1 Å². The number of aliphatic carboxylic acids is 1. The molecule has 0 saturated carbocycles. The van der Waals surface area contributed by atoms with Crippen LogP contribution in [-0.4, -0.2) is 55.3 Å². The van der Waals surface area contributed by atoms with Gasteiger partial charge in [0.15, 0.2) is 6.10 Å². The summed E-state index contributed by atoms with van der Waals surface area (Å²) in [4.78, 5) is 23.1. The molecular weight excluding hydrogens is 390 g/mol. The number of ether oxygens (including phenoxy) is 1. The fourth-order valence-corrected chi connectivity index (χ4v) is 4.08. The van der Waals surface area contributed by atoms with Gasteiger partial charge in [-0.1, -0.05) is 97.3 Å². The van der Waals surface area contributed by atoms with Gasteiger partial charge in [-0.15, -0.1) is 0 Å². The molecule has 0 aromatic heterocycles. The third-order valence-electron chi connectivity index (χ3n) is 5.83. The van der Waals surface area contributed by atoms with E-state index in [0.29, 0.717) is 17.4 Å². The molecule has 0 fully saturated rings. The van der Waals surface area contributed by atoms with Gasteiger partial charge in [-0.3, -0.25) is 9.59 Å². The quantitative estimate of drug-likeness (QED) is 0.124. The van der Waals surface area contributed by atoms with Gasteiger partial charge in [-0.05, 0) is 12.3 Å². The molecule has 0 saturated heterocycles. The molecule has 0 aliphatic rings. The van der Waals surface area contributed by atoms with E-state index in [4.69, 9.17) is 9.84 Å². The molecular formula is C26H52NO4+. The number of carbonyl (C=O) groups is 2. The Balaban J connectivity index is 3.72. The normalized spacial score (nSPS) is 13.7. The maximum absolute atomic E-state index is 12.1. The van der Waals surface area contributed by atoms with Gasteiger partial charge in [0.25, 0.3) is 0 Å². The van der Waals surface area contributed by atoms with Crippen LogP contribution >= 0.6 is 0 Å². The number of rotatable bonds is 21. The number of carbonyl (C=O) groups excluding carboxylic acids is 1. The van der Waals surface area contributed by atoms with Gasteiger partial charge in [-0.25, -0.2) is 0 Å². The molecule has 0 aromatic rings. The minimum atomic E-state index is -0.924. The van der Waals surface area contributed by atoms with E-state index in [0.717, 1.165) is 25.2 Å². The van der Waals surface area contributed by atoms with Crippen molar-refractivity contribution in [3.05, 3.63) is 0 Å². The Morgan fingerprint density at radius 1 is 0.806 bits per heavy atom. The van der Waals surface area contributed by atoms with Crippen LogP contribution in [-0.2, 0) is 14.3 Å². The Morgan fingerprint density at radius 3 is 1.77 bits per heavy atom. The van der Waals surface area contributed by atoms with Crippen molar-refractivity contribution in [1.29, 1.82) is 0 Å². The topological polar surface area (TPSA) is 63.6 Å². The number of esters is 1. The molecule has 5 heteroatoms. The van der Waals surface area contributed by atoms with Crippen LogP contribution in [0, 0.1) is 5.92 Å². The number of nitrogens with zero attached hydrogens (tertiary/aromatic N) is 1. The summed E-state index contributed by atoms with van der Waals surface area (Å²) in [5.41, 5.74) is 0. The highest BCUT2D eigenvalue weighted by atomic mass is 16.5. The van der Waals surface area contributed by atoms with Crippen LogP contribution in [0.5, 0.6) is 0 Å². The van der Waals surface area contributed by atoms with Crippen LogP contribution in [0.2, 0.25) is 0 Å². The third kappa shape index (κ3) is 21.9. The lowest BCUT2D eigenvalue weighted by atomic mass is 9.96. The number of carboxylic acids is 1. The van der Waals surface area contributed by atoms with E-state index in [2.05, 4.69) is 13.8 Å². The summed E-state index contributed by atoms with van der Waals surface area (Å²) < 4.78 is 6.01. The SMILES string of the molecule is CCCCCCCCCCCC(C)CCCCCC(=O)OC(CC(=O)O)C[N+](C)(C)C. The van der Waals surface area contributed by atoms with E-state index in [9.17, 15) is 9.59 Å². The van der Waals surface area contributed by atoms with Crippen molar-refractivity contribution < 1.29 is 23.9 Å². The molecule has 184 valence electrons. The van der Waals surface area contributed by atoms with Crippen molar-refractivity contribution in [2.24, 2.45) is 5.92 Å². The smallest absolute Gasteiger partial charge is 0.307 e. The first-order valence-corrected chi connectivity index (χ1v) is 12.9. The first-order chi connectivity index (χ1) is 14.6. The van der Waals surface area contributed by atoms with Crippen LogP contribution in [0.1, 0.15) is 117 Å². The number of hydrogen-bond donors (Lipinski definition) is 1. The molecule has 31 heavy (non-hydrogen) atoms. The summed E-state index contributed by atoms with van der Waals surface area (Å²) in [5, 5.41) is 9.04. The summed E-state index contributed by atoms with van der Waals surface area (Å²) >= 11 is 0. The van der Waals surface area contributed by atoms with Crippen LogP contribution in [0.3, 0.4) is 0 Å². The average molecular weight is 443 g/mol. The summed E-state index contributed by atoms with van der Waals surface area (Å²) in [5.74, 6) is -0.421. The van der Waals surface area contributed by atoms with Crippen molar-refractivity contribution in [2.45, 2.75) is 123 Å². The van der Waals surface area contributed by atoms with E-state index >= 15 is 0 Å². The largest absolute Gasteiger partial charge is 0.481 e. The predicted octanol–water partition coefficient (Wildman–Crippen LogP) is 6.59. The van der Waals surface area contributed by atoms with Crippen LogP contribution in [0.4, 0.5) is 0 Å². The van der Waals surface area contributed by atoms with Gasteiger partial charge >= 0.3 is 11.9 Å². The maximum atomic E-state index is 12.1. The number of quaternary nitrogens is 1. The molecule has 0 aliphatic carbocycles. The Morgan fingerprint density at radius 2 is 1.29 bits per heavy atom. The highest BCUT2D eigenvalue weighted by molar-refractivity contribution is 5.71. The lowest BCUT2D eigenvalue weighted by Crippen LogP contribution is -2.43. The molecule has 0 aliphatic heterocycles. The molecule has 0 rings (SSSR count). The lowest BCUT2D eigenvalue weighted by Gasteiger charge is -2.28. The van der Waals surface area contributed by atoms with Crippen LogP contribution < -0.4 is 0 Å². The summed E-state index contributed by atoms with van der Waals surface area (Å²) in [6.07, 6.45) is 17.7. The monoisotopic (exact) mass is 442 g/mol. The molecule has 0 aromatic carbocycles. The van der Waals surface area contributed by atoms with Crippen molar-refractivity contribution in [2.75, 3.05) is 27.7 Å². The zero-order valence-corrected chi connectivity index (χ0v) is 21.3. The Labute approximate surface area is 192 Å². The van der Waals surface area contributed by atoms with Crippen LogP contribution in [0.25, 0.3) is 0 Å². The second kappa shape index (κ2) is 18.5. The molecule has 5 nitrogen and oxygen atoms in total. The number of hydrogen-bond acceptors (Lipinski definition) is 3. The van der Waals surface area contributed by atoms with Gasteiger partial charge in [0.2, 0.25) is 0 Å². The summed E-state index contributed by atoms with van der Waals surface area (Å²) in [6.45, 7) is 5.12. The fourth-order valence-electron chi connectivity index (χ4n) is 4.08. The molecule has 0 heterocycles. The van der Waals surface area contributed by atoms with Crippen molar-refractivity contribution >= 4 is 11.9 Å². The van der Waals surface area contributed by atoms with Gasteiger partial charge < -0.3 is 14.3 Å². The maximum Gasteiger partial charge on any atom is 0.307 e. The highest BCUT2D eigenvalue weighted by Crippen LogP contribution is 2.18. The second-order valence-corrected chi connectivity index (χ2v) is 10.5. The highest BCUT2D eigenvalue weighted by Gasteiger charge is 2.24.